The van der Waals surface area contributed by atoms with E-state index < -0.39 is 0 Å². The predicted molar refractivity (Wildman–Crippen MR) is 76.6 cm³/mol. The van der Waals surface area contributed by atoms with E-state index in [1.165, 1.54) is 0 Å². The highest BCUT2D eigenvalue weighted by Crippen LogP contribution is 2.51. The molecule has 3 unspecified atom stereocenters. The maximum atomic E-state index is 6.32. The largest absolute Gasteiger partial charge is 0.493 e. The van der Waals surface area contributed by atoms with Crippen molar-refractivity contribution in [2.75, 3.05) is 14.2 Å². The summed E-state index contributed by atoms with van der Waals surface area (Å²) < 4.78 is 16.8. The van der Waals surface area contributed by atoms with Crippen molar-refractivity contribution in [2.24, 2.45) is 5.41 Å². The van der Waals surface area contributed by atoms with Crippen LogP contribution in [0, 0.1) is 5.41 Å². The second-order valence-corrected chi connectivity index (χ2v) is 5.69. The highest BCUT2D eigenvalue weighted by Gasteiger charge is 2.51. The second kappa shape index (κ2) is 5.49. The maximum absolute atomic E-state index is 6.32. The fraction of sp³-hybridized carbons (Fsp3) is 0.600. The Labute approximate surface area is 119 Å². The number of methoxy groups -OCH3 is 2. The van der Waals surface area contributed by atoms with Gasteiger partial charge in [-0.15, -0.1) is 11.6 Å². The molecule has 0 aromatic heterocycles. The van der Waals surface area contributed by atoms with Gasteiger partial charge in [-0.25, -0.2) is 0 Å². The highest BCUT2D eigenvalue weighted by atomic mass is 35.5. The normalized spacial score (nSPS) is 29.5. The third-order valence-electron chi connectivity index (χ3n) is 4.28. The van der Waals surface area contributed by atoms with Gasteiger partial charge in [0.2, 0.25) is 5.75 Å². The summed E-state index contributed by atoms with van der Waals surface area (Å²) in [7, 11) is 3.26. The van der Waals surface area contributed by atoms with Gasteiger partial charge in [0.1, 0.15) is 6.10 Å². The minimum absolute atomic E-state index is 0.00736. The lowest BCUT2D eigenvalue weighted by atomic mass is 9.65. The van der Waals surface area contributed by atoms with Crippen LogP contribution in [0.15, 0.2) is 18.2 Å². The van der Waals surface area contributed by atoms with Gasteiger partial charge in [-0.1, -0.05) is 19.9 Å². The molecule has 4 heteroatoms. The Morgan fingerprint density at radius 1 is 1.26 bits per heavy atom. The first-order valence-corrected chi connectivity index (χ1v) is 7.02. The van der Waals surface area contributed by atoms with Crippen molar-refractivity contribution in [1.82, 2.24) is 0 Å². The molecule has 1 aliphatic carbocycles. The van der Waals surface area contributed by atoms with Crippen LogP contribution in [0.5, 0.6) is 17.2 Å². The molecule has 1 saturated carbocycles. The molecule has 3 nitrogen and oxygen atoms in total. The van der Waals surface area contributed by atoms with Crippen molar-refractivity contribution in [1.29, 1.82) is 0 Å². The molecule has 0 spiro atoms. The van der Waals surface area contributed by atoms with E-state index in [1.54, 1.807) is 14.2 Å². The average Bonchev–Trinajstić information content (AvgIpc) is 2.45. The Bertz CT molecular complexity index is 427. The number of para-hydroxylation sites is 1. The Hall–Kier alpha value is -1.09. The van der Waals surface area contributed by atoms with Crippen LogP contribution in [-0.2, 0) is 0 Å². The first-order valence-electron chi connectivity index (χ1n) is 6.58. The van der Waals surface area contributed by atoms with Gasteiger partial charge in [-0.05, 0) is 18.6 Å². The Kier molecular flexibility index (Phi) is 4.14. The topological polar surface area (TPSA) is 27.7 Å². The molecule has 1 aromatic carbocycles. The van der Waals surface area contributed by atoms with Gasteiger partial charge in [-0.2, -0.15) is 0 Å². The monoisotopic (exact) mass is 284 g/mol. The zero-order valence-electron chi connectivity index (χ0n) is 11.9. The maximum Gasteiger partial charge on any atom is 0.203 e. The van der Waals surface area contributed by atoms with E-state index in [2.05, 4.69) is 13.8 Å². The van der Waals surface area contributed by atoms with Crippen molar-refractivity contribution >= 4 is 11.6 Å². The lowest BCUT2D eigenvalue weighted by Gasteiger charge is -2.50. The molecule has 1 aromatic rings. The average molecular weight is 285 g/mol. The van der Waals surface area contributed by atoms with Crippen molar-refractivity contribution < 1.29 is 14.2 Å². The molecular formula is C15H21ClO3. The van der Waals surface area contributed by atoms with Crippen molar-refractivity contribution in [3.63, 3.8) is 0 Å². The van der Waals surface area contributed by atoms with Crippen LogP contribution in [0.4, 0.5) is 0 Å². The molecule has 0 amide bonds. The lowest BCUT2D eigenvalue weighted by molar-refractivity contribution is -0.0319. The summed E-state index contributed by atoms with van der Waals surface area (Å²) in [6, 6.07) is 5.63. The van der Waals surface area contributed by atoms with Crippen LogP contribution < -0.4 is 14.2 Å². The molecule has 0 bridgehead atoms. The number of alkyl halides is 1. The van der Waals surface area contributed by atoms with Crippen LogP contribution >= 0.6 is 11.6 Å². The molecule has 1 fully saturated rings. The molecule has 0 heterocycles. The molecule has 19 heavy (non-hydrogen) atoms. The first-order chi connectivity index (χ1) is 9.06. The Balaban J connectivity index is 2.24. The van der Waals surface area contributed by atoms with Gasteiger partial charge in [0.15, 0.2) is 11.5 Å². The number of hydrogen-bond donors (Lipinski definition) is 0. The van der Waals surface area contributed by atoms with Crippen molar-refractivity contribution in [2.45, 2.75) is 38.2 Å². The minimum Gasteiger partial charge on any atom is -0.493 e. The molecule has 2 rings (SSSR count). The van der Waals surface area contributed by atoms with E-state index in [0.29, 0.717) is 17.2 Å². The molecule has 0 saturated heterocycles. The van der Waals surface area contributed by atoms with Gasteiger partial charge in [0.05, 0.1) is 14.2 Å². The van der Waals surface area contributed by atoms with Gasteiger partial charge < -0.3 is 14.2 Å². The summed E-state index contributed by atoms with van der Waals surface area (Å²) in [6.45, 7) is 4.31. The summed E-state index contributed by atoms with van der Waals surface area (Å²) in [4.78, 5) is 0. The van der Waals surface area contributed by atoms with Crippen LogP contribution in [0.1, 0.15) is 26.7 Å². The van der Waals surface area contributed by atoms with E-state index in [4.69, 9.17) is 25.8 Å². The fourth-order valence-electron chi connectivity index (χ4n) is 2.48. The van der Waals surface area contributed by atoms with Gasteiger partial charge >= 0.3 is 0 Å². The van der Waals surface area contributed by atoms with Crippen molar-refractivity contribution in [3.8, 4) is 17.2 Å². The fourth-order valence-corrected chi connectivity index (χ4v) is 2.93. The molecule has 106 valence electrons. The molecular weight excluding hydrogens is 264 g/mol. The molecule has 0 N–H and O–H groups in total. The van der Waals surface area contributed by atoms with Crippen LogP contribution in [0.2, 0.25) is 0 Å². The van der Waals surface area contributed by atoms with Crippen molar-refractivity contribution in [3.05, 3.63) is 18.2 Å². The number of benzene rings is 1. The van der Waals surface area contributed by atoms with Gasteiger partial charge in [-0.3, -0.25) is 0 Å². The third-order valence-corrected chi connectivity index (χ3v) is 4.95. The third kappa shape index (κ3) is 2.36. The number of hydrogen-bond acceptors (Lipinski definition) is 3. The molecule has 0 aliphatic heterocycles. The van der Waals surface area contributed by atoms with Crippen LogP contribution in [-0.4, -0.2) is 25.7 Å². The zero-order valence-corrected chi connectivity index (χ0v) is 12.7. The summed E-state index contributed by atoms with van der Waals surface area (Å²) in [5.74, 6) is 2.05. The summed E-state index contributed by atoms with van der Waals surface area (Å²) in [5.41, 5.74) is 0.00736. The van der Waals surface area contributed by atoms with E-state index in [0.717, 1.165) is 12.8 Å². The van der Waals surface area contributed by atoms with Crippen LogP contribution in [0.25, 0.3) is 0 Å². The second-order valence-electron chi connectivity index (χ2n) is 5.16. The number of rotatable bonds is 5. The minimum atomic E-state index is 0.00736. The summed E-state index contributed by atoms with van der Waals surface area (Å²) >= 11 is 6.32. The number of halogens is 1. The summed E-state index contributed by atoms with van der Waals surface area (Å²) in [5, 5.41) is 0.170. The van der Waals surface area contributed by atoms with E-state index in [9.17, 15) is 0 Å². The first kappa shape index (κ1) is 14.3. The van der Waals surface area contributed by atoms with Gasteiger partial charge in [0, 0.05) is 17.2 Å². The SMILES string of the molecule is CCC1(C)C(Cl)CC1Oc1c(OC)cccc1OC. The number of ether oxygens (including phenoxy) is 3. The molecule has 1 aliphatic rings. The summed E-state index contributed by atoms with van der Waals surface area (Å²) in [6.07, 6.45) is 1.95. The van der Waals surface area contributed by atoms with Gasteiger partial charge in [0.25, 0.3) is 0 Å². The highest BCUT2D eigenvalue weighted by molar-refractivity contribution is 6.21. The van der Waals surface area contributed by atoms with E-state index >= 15 is 0 Å². The Morgan fingerprint density at radius 2 is 1.84 bits per heavy atom. The standard InChI is InChI=1S/C15H21ClO3/c1-5-15(2)12(16)9-13(15)19-14-10(17-3)7-6-8-11(14)18-4/h6-8,12-13H,5,9H2,1-4H3. The quantitative estimate of drug-likeness (QED) is 0.768. The van der Waals surface area contributed by atoms with E-state index in [-0.39, 0.29) is 16.9 Å². The molecule has 3 atom stereocenters. The zero-order chi connectivity index (χ0) is 14.0. The van der Waals surface area contributed by atoms with E-state index in [1.807, 2.05) is 18.2 Å². The Morgan fingerprint density at radius 3 is 2.26 bits per heavy atom. The lowest BCUT2D eigenvalue weighted by Crippen LogP contribution is -2.55. The van der Waals surface area contributed by atoms with Crippen LogP contribution in [0.3, 0.4) is 0 Å². The molecule has 0 radical (unpaired) electrons. The predicted octanol–water partition coefficient (Wildman–Crippen LogP) is 3.88. The smallest absolute Gasteiger partial charge is 0.203 e.